The number of oxime groups is 1. The molecule has 31 heavy (non-hydrogen) atoms. The highest BCUT2D eigenvalue weighted by Gasteiger charge is 2.08. The maximum atomic E-state index is 5.77. The summed E-state index contributed by atoms with van der Waals surface area (Å²) in [6.07, 6.45) is 3.17. The van der Waals surface area contributed by atoms with E-state index in [1.807, 2.05) is 61.5 Å². The van der Waals surface area contributed by atoms with Crippen molar-refractivity contribution in [1.29, 1.82) is 0 Å². The Kier molecular flexibility index (Phi) is 6.70. The molecule has 0 fully saturated rings. The quantitative estimate of drug-likeness (QED) is 0.226. The highest BCUT2D eigenvalue weighted by atomic mass is 16.6. The van der Waals surface area contributed by atoms with Crippen molar-refractivity contribution in [2.45, 2.75) is 13.5 Å². The summed E-state index contributed by atoms with van der Waals surface area (Å²) in [6.45, 7) is 3.24. The standard InChI is InChI=1S/C25H24N4O2/c1-20-7-5-6-10-25(20)30-15-16-31-28-24(17-29-19-26-18-27-29)23-13-11-22(12-14-23)21-8-3-2-4-9-21/h2-14,18-19H,15-17H2,1H3. The third-order valence-electron chi connectivity index (χ3n) is 4.80. The van der Waals surface area contributed by atoms with Gasteiger partial charge in [0.15, 0.2) is 6.61 Å². The van der Waals surface area contributed by atoms with E-state index in [1.165, 1.54) is 11.9 Å². The first kappa shape index (κ1) is 20.3. The molecule has 4 rings (SSSR count). The fourth-order valence-corrected chi connectivity index (χ4v) is 3.16. The van der Waals surface area contributed by atoms with Crippen LogP contribution in [0.5, 0.6) is 5.75 Å². The number of hydrogen-bond donors (Lipinski definition) is 0. The Bertz CT molecular complexity index is 1110. The van der Waals surface area contributed by atoms with Gasteiger partial charge in [-0.2, -0.15) is 5.10 Å². The molecular formula is C25H24N4O2. The smallest absolute Gasteiger partial charge is 0.151 e. The van der Waals surface area contributed by atoms with E-state index in [-0.39, 0.29) is 0 Å². The van der Waals surface area contributed by atoms with Gasteiger partial charge in [0.25, 0.3) is 0 Å². The summed E-state index contributed by atoms with van der Waals surface area (Å²) in [6, 6.07) is 26.4. The van der Waals surface area contributed by atoms with Crippen molar-refractivity contribution in [2.75, 3.05) is 13.2 Å². The van der Waals surface area contributed by atoms with E-state index in [0.717, 1.165) is 28.2 Å². The molecule has 0 bridgehead atoms. The zero-order valence-electron chi connectivity index (χ0n) is 17.4. The SMILES string of the molecule is Cc1ccccc1OCCON=C(Cn1cncn1)c1ccc(-c2ccccc2)cc1. The van der Waals surface area contributed by atoms with Crippen LogP contribution in [0.3, 0.4) is 0 Å². The number of ether oxygens (including phenoxy) is 1. The lowest BCUT2D eigenvalue weighted by atomic mass is 10.0. The van der Waals surface area contributed by atoms with Crippen LogP contribution in [0.2, 0.25) is 0 Å². The number of nitrogens with zero attached hydrogens (tertiary/aromatic N) is 4. The van der Waals surface area contributed by atoms with Crippen LogP contribution in [-0.2, 0) is 11.4 Å². The molecule has 0 spiro atoms. The molecule has 1 aromatic heterocycles. The lowest BCUT2D eigenvalue weighted by Crippen LogP contribution is -2.14. The van der Waals surface area contributed by atoms with Crippen LogP contribution in [0.1, 0.15) is 11.1 Å². The summed E-state index contributed by atoms with van der Waals surface area (Å²) in [7, 11) is 0. The van der Waals surface area contributed by atoms with Crippen molar-refractivity contribution < 1.29 is 9.57 Å². The third kappa shape index (κ3) is 5.57. The maximum absolute atomic E-state index is 5.77. The molecule has 0 atom stereocenters. The van der Waals surface area contributed by atoms with Crippen molar-refractivity contribution in [2.24, 2.45) is 5.16 Å². The number of rotatable bonds is 9. The van der Waals surface area contributed by atoms with Gasteiger partial charge in [-0.25, -0.2) is 9.67 Å². The number of aromatic nitrogens is 3. The first-order valence-electron chi connectivity index (χ1n) is 10.1. The minimum atomic E-state index is 0.345. The highest BCUT2D eigenvalue weighted by molar-refractivity contribution is 6.00. The molecule has 0 saturated carbocycles. The second-order valence-corrected chi connectivity index (χ2v) is 7.02. The Morgan fingerprint density at radius 3 is 2.35 bits per heavy atom. The van der Waals surface area contributed by atoms with Crippen molar-refractivity contribution in [3.8, 4) is 16.9 Å². The Morgan fingerprint density at radius 2 is 1.61 bits per heavy atom. The van der Waals surface area contributed by atoms with Crippen LogP contribution in [0, 0.1) is 6.92 Å². The zero-order valence-corrected chi connectivity index (χ0v) is 17.4. The largest absolute Gasteiger partial charge is 0.490 e. The molecule has 0 radical (unpaired) electrons. The van der Waals surface area contributed by atoms with Gasteiger partial charge in [0.2, 0.25) is 0 Å². The van der Waals surface area contributed by atoms with E-state index < -0.39 is 0 Å². The van der Waals surface area contributed by atoms with Gasteiger partial charge in [0.05, 0.1) is 6.54 Å². The number of para-hydroxylation sites is 1. The average Bonchev–Trinajstić information content (AvgIpc) is 3.33. The van der Waals surface area contributed by atoms with Crippen LogP contribution in [0.25, 0.3) is 11.1 Å². The van der Waals surface area contributed by atoms with Gasteiger partial charge in [0, 0.05) is 5.56 Å². The molecule has 0 saturated heterocycles. The first-order valence-corrected chi connectivity index (χ1v) is 10.1. The molecule has 1 heterocycles. The topological polar surface area (TPSA) is 61.5 Å². The molecule has 6 nitrogen and oxygen atoms in total. The van der Waals surface area contributed by atoms with Gasteiger partial charge in [0.1, 0.15) is 30.7 Å². The minimum Gasteiger partial charge on any atom is -0.490 e. The Balaban J connectivity index is 1.43. The van der Waals surface area contributed by atoms with Gasteiger partial charge in [-0.15, -0.1) is 0 Å². The Labute approximate surface area is 181 Å². The minimum absolute atomic E-state index is 0.345. The molecule has 6 heteroatoms. The van der Waals surface area contributed by atoms with Gasteiger partial charge in [-0.3, -0.25) is 0 Å². The van der Waals surface area contributed by atoms with E-state index in [9.17, 15) is 0 Å². The van der Waals surface area contributed by atoms with E-state index in [2.05, 4.69) is 39.5 Å². The lowest BCUT2D eigenvalue weighted by molar-refractivity contribution is 0.106. The van der Waals surface area contributed by atoms with Crippen molar-refractivity contribution in [3.63, 3.8) is 0 Å². The second kappa shape index (κ2) is 10.2. The van der Waals surface area contributed by atoms with E-state index >= 15 is 0 Å². The normalized spacial score (nSPS) is 11.3. The van der Waals surface area contributed by atoms with E-state index in [4.69, 9.17) is 9.57 Å². The van der Waals surface area contributed by atoms with Gasteiger partial charge >= 0.3 is 0 Å². The van der Waals surface area contributed by atoms with Crippen LogP contribution in [-0.4, -0.2) is 33.7 Å². The fraction of sp³-hybridized carbons (Fsp3) is 0.160. The maximum Gasteiger partial charge on any atom is 0.151 e. The van der Waals surface area contributed by atoms with E-state index in [0.29, 0.717) is 19.8 Å². The highest BCUT2D eigenvalue weighted by Crippen LogP contribution is 2.20. The second-order valence-electron chi connectivity index (χ2n) is 7.02. The summed E-state index contributed by atoms with van der Waals surface area (Å²) in [5, 5.41) is 8.56. The monoisotopic (exact) mass is 412 g/mol. The van der Waals surface area contributed by atoms with Crippen molar-refractivity contribution in [1.82, 2.24) is 14.8 Å². The Hall–Kier alpha value is -3.93. The fourth-order valence-electron chi connectivity index (χ4n) is 3.16. The predicted molar refractivity (Wildman–Crippen MR) is 121 cm³/mol. The molecule has 3 aromatic carbocycles. The number of hydrogen-bond acceptors (Lipinski definition) is 5. The molecular weight excluding hydrogens is 388 g/mol. The van der Waals surface area contributed by atoms with Gasteiger partial charge in [-0.1, -0.05) is 78.0 Å². The zero-order chi connectivity index (χ0) is 21.3. The molecule has 0 aliphatic carbocycles. The summed E-state index contributed by atoms with van der Waals surface area (Å²) in [4.78, 5) is 9.59. The molecule has 0 unspecified atom stereocenters. The van der Waals surface area contributed by atoms with Crippen LogP contribution < -0.4 is 4.74 Å². The molecule has 0 aliphatic heterocycles. The van der Waals surface area contributed by atoms with Crippen molar-refractivity contribution in [3.05, 3.63) is 103 Å². The summed E-state index contributed by atoms with van der Waals surface area (Å²) >= 11 is 0. The summed E-state index contributed by atoms with van der Waals surface area (Å²) < 4.78 is 7.49. The third-order valence-corrected chi connectivity index (χ3v) is 4.80. The van der Waals surface area contributed by atoms with E-state index in [1.54, 1.807) is 11.0 Å². The molecule has 156 valence electrons. The van der Waals surface area contributed by atoms with Crippen LogP contribution in [0.15, 0.2) is 96.7 Å². The number of benzene rings is 3. The van der Waals surface area contributed by atoms with Crippen molar-refractivity contribution >= 4 is 5.71 Å². The van der Waals surface area contributed by atoms with Gasteiger partial charge in [-0.05, 0) is 29.7 Å². The molecule has 0 aliphatic rings. The summed E-state index contributed by atoms with van der Waals surface area (Å²) in [5.41, 5.74) is 5.15. The number of aryl methyl sites for hydroxylation is 1. The molecule has 0 N–H and O–H groups in total. The molecule has 4 aromatic rings. The first-order chi connectivity index (χ1) is 15.3. The average molecular weight is 412 g/mol. The van der Waals surface area contributed by atoms with Crippen LogP contribution >= 0.6 is 0 Å². The predicted octanol–water partition coefficient (Wildman–Crippen LogP) is 4.75. The molecule has 0 amide bonds. The lowest BCUT2D eigenvalue weighted by Gasteiger charge is -2.10. The Morgan fingerprint density at radius 1 is 0.871 bits per heavy atom. The van der Waals surface area contributed by atoms with Crippen LogP contribution in [0.4, 0.5) is 0 Å². The van der Waals surface area contributed by atoms with Gasteiger partial charge < -0.3 is 9.57 Å². The summed E-state index contributed by atoms with van der Waals surface area (Å²) in [5.74, 6) is 0.856.